The molecule has 0 spiro atoms. The number of carbonyl (C=O) groups is 2. The Morgan fingerprint density at radius 2 is 1.65 bits per heavy atom. The van der Waals surface area contributed by atoms with Crippen LogP contribution in [0.5, 0.6) is 0 Å². The van der Waals surface area contributed by atoms with Gasteiger partial charge in [0.05, 0.1) is 0 Å². The van der Waals surface area contributed by atoms with Gasteiger partial charge in [-0.05, 0) is 44.7 Å². The van der Waals surface area contributed by atoms with Crippen LogP contribution in [0.4, 0.5) is 0 Å². The molecular weight excluding hydrogens is 294 g/mol. The fourth-order valence-corrected chi connectivity index (χ4v) is 4.02. The van der Waals surface area contributed by atoms with Gasteiger partial charge in [-0.3, -0.25) is 9.59 Å². The first-order valence-corrected chi connectivity index (χ1v) is 9.09. The van der Waals surface area contributed by atoms with E-state index in [9.17, 15) is 9.59 Å². The molecule has 1 atom stereocenters. The molecule has 0 radical (unpaired) electrons. The van der Waals surface area contributed by atoms with Gasteiger partial charge in [-0.25, -0.2) is 0 Å². The van der Waals surface area contributed by atoms with E-state index in [4.69, 9.17) is 4.74 Å². The van der Waals surface area contributed by atoms with Gasteiger partial charge in [0.2, 0.25) is 11.8 Å². The smallest absolute Gasteiger partial charge is 0.248 e. The minimum absolute atomic E-state index is 0.0111. The highest BCUT2D eigenvalue weighted by Crippen LogP contribution is 2.27. The van der Waals surface area contributed by atoms with Crippen molar-refractivity contribution in [1.82, 2.24) is 15.1 Å². The molecule has 1 N–H and O–H groups in total. The summed E-state index contributed by atoms with van der Waals surface area (Å²) in [7, 11) is 0. The van der Waals surface area contributed by atoms with Crippen molar-refractivity contribution in [3.8, 4) is 0 Å². The number of hydrogen-bond donors (Lipinski definition) is 1. The van der Waals surface area contributed by atoms with Crippen molar-refractivity contribution >= 4 is 11.8 Å². The first kappa shape index (κ1) is 16.7. The third-order valence-corrected chi connectivity index (χ3v) is 5.42. The lowest BCUT2D eigenvalue weighted by Gasteiger charge is -2.44. The predicted molar refractivity (Wildman–Crippen MR) is 87.0 cm³/mol. The molecule has 4 heterocycles. The second-order valence-electron chi connectivity index (χ2n) is 7.10. The van der Waals surface area contributed by atoms with Crippen LogP contribution in [0.2, 0.25) is 0 Å². The predicted octanol–water partition coefficient (Wildman–Crippen LogP) is 0.616. The molecule has 4 aliphatic rings. The number of nitrogens with one attached hydrogen (secondary N) is 1. The molecule has 4 fully saturated rings. The molecule has 130 valence electrons. The van der Waals surface area contributed by atoms with Gasteiger partial charge in [0, 0.05) is 25.7 Å². The van der Waals surface area contributed by atoms with Crippen LogP contribution >= 0.6 is 0 Å². The second kappa shape index (κ2) is 8.11. The van der Waals surface area contributed by atoms with E-state index in [-0.39, 0.29) is 31.1 Å². The fourth-order valence-electron chi connectivity index (χ4n) is 4.02. The Kier molecular flexibility index (Phi) is 5.89. The van der Waals surface area contributed by atoms with Crippen LogP contribution in [0.3, 0.4) is 0 Å². The summed E-state index contributed by atoms with van der Waals surface area (Å²) in [6.45, 7) is 4.96. The summed E-state index contributed by atoms with van der Waals surface area (Å²) in [6.07, 6.45) is 6.91. The maximum absolute atomic E-state index is 12.1. The number of fused-ring (bicyclic) bond motifs is 3. The monoisotopic (exact) mass is 323 g/mol. The molecule has 0 saturated carbocycles. The lowest BCUT2D eigenvalue weighted by molar-refractivity contribution is -0.138. The lowest BCUT2D eigenvalue weighted by atomic mass is 9.84. The molecule has 0 aromatic rings. The number of amides is 2. The van der Waals surface area contributed by atoms with Gasteiger partial charge in [-0.1, -0.05) is 12.8 Å². The summed E-state index contributed by atoms with van der Waals surface area (Å²) in [5, 5.41) is 3.08. The van der Waals surface area contributed by atoms with Crippen LogP contribution in [0, 0.1) is 5.92 Å². The topological polar surface area (TPSA) is 61.9 Å². The quantitative estimate of drug-likeness (QED) is 0.805. The van der Waals surface area contributed by atoms with Gasteiger partial charge in [0.1, 0.15) is 13.2 Å². The van der Waals surface area contributed by atoms with Gasteiger partial charge in [0.25, 0.3) is 0 Å². The molecule has 2 amide bonds. The van der Waals surface area contributed by atoms with Crippen LogP contribution < -0.4 is 5.32 Å². The van der Waals surface area contributed by atoms with Crippen molar-refractivity contribution in [3.05, 3.63) is 0 Å². The third kappa shape index (κ3) is 4.67. The lowest BCUT2D eigenvalue weighted by Crippen LogP contribution is -2.57. The Bertz CT molecular complexity index is 413. The highest BCUT2D eigenvalue weighted by molar-refractivity contribution is 5.79. The van der Waals surface area contributed by atoms with Crippen molar-refractivity contribution in [2.75, 3.05) is 45.9 Å². The van der Waals surface area contributed by atoms with Crippen molar-refractivity contribution in [1.29, 1.82) is 0 Å². The van der Waals surface area contributed by atoms with E-state index in [1.165, 1.54) is 25.7 Å². The summed E-state index contributed by atoms with van der Waals surface area (Å²) < 4.78 is 5.36. The van der Waals surface area contributed by atoms with E-state index in [0.29, 0.717) is 5.92 Å². The molecule has 2 bridgehead atoms. The second-order valence-corrected chi connectivity index (χ2v) is 7.10. The van der Waals surface area contributed by atoms with E-state index in [1.54, 1.807) is 0 Å². The minimum atomic E-state index is -0.0904. The number of piperidine rings is 3. The zero-order valence-electron chi connectivity index (χ0n) is 14.0. The van der Waals surface area contributed by atoms with Crippen molar-refractivity contribution < 1.29 is 14.3 Å². The largest absolute Gasteiger partial charge is 0.362 e. The van der Waals surface area contributed by atoms with Crippen LogP contribution in [-0.4, -0.2) is 73.6 Å². The third-order valence-electron chi connectivity index (χ3n) is 5.42. The summed E-state index contributed by atoms with van der Waals surface area (Å²) in [5.41, 5.74) is 0. The number of rotatable bonds is 5. The number of likely N-dealkylation sites (tertiary alicyclic amines) is 1. The molecule has 1 unspecified atom stereocenters. The molecule has 0 aromatic heterocycles. The molecule has 4 saturated heterocycles. The van der Waals surface area contributed by atoms with Gasteiger partial charge >= 0.3 is 0 Å². The molecule has 4 aliphatic heterocycles. The van der Waals surface area contributed by atoms with Gasteiger partial charge in [0.15, 0.2) is 0 Å². The molecule has 0 aromatic carbocycles. The Balaban J connectivity index is 1.33. The van der Waals surface area contributed by atoms with E-state index in [1.807, 2.05) is 4.90 Å². The number of hydrogen-bond acceptors (Lipinski definition) is 4. The van der Waals surface area contributed by atoms with Gasteiger partial charge in [-0.15, -0.1) is 0 Å². The first-order valence-electron chi connectivity index (χ1n) is 9.09. The zero-order valence-corrected chi connectivity index (χ0v) is 14.0. The number of carbonyl (C=O) groups excluding carboxylic acids is 2. The summed E-state index contributed by atoms with van der Waals surface area (Å²) in [6, 6.07) is 0.259. The van der Waals surface area contributed by atoms with E-state index in [2.05, 4.69) is 10.2 Å². The standard InChI is InChI=1S/C17H29N3O3/c21-16(18-15-11-19-9-5-14(15)6-10-19)12-23-13-17(22)20-7-3-1-2-4-8-20/h14-15H,1-13H2,(H,18,21). The molecule has 4 rings (SSSR count). The zero-order chi connectivity index (χ0) is 16.1. The minimum Gasteiger partial charge on any atom is -0.362 e. The molecule has 6 heteroatoms. The molecular formula is C17H29N3O3. The number of ether oxygens (including phenoxy) is 1. The number of nitrogens with zero attached hydrogens (tertiary/aromatic N) is 2. The highest BCUT2D eigenvalue weighted by Gasteiger charge is 2.34. The maximum atomic E-state index is 12.1. The van der Waals surface area contributed by atoms with Gasteiger partial charge in [-0.2, -0.15) is 0 Å². The average Bonchev–Trinajstić information content (AvgIpc) is 2.85. The normalized spacial score (nSPS) is 30.8. The Labute approximate surface area is 138 Å². The average molecular weight is 323 g/mol. The van der Waals surface area contributed by atoms with E-state index >= 15 is 0 Å². The Hall–Kier alpha value is -1.14. The van der Waals surface area contributed by atoms with Crippen LogP contribution in [-0.2, 0) is 14.3 Å². The van der Waals surface area contributed by atoms with Crippen LogP contribution in [0.25, 0.3) is 0 Å². The Morgan fingerprint density at radius 3 is 2.26 bits per heavy atom. The van der Waals surface area contributed by atoms with E-state index < -0.39 is 0 Å². The molecule has 0 aliphatic carbocycles. The summed E-state index contributed by atoms with van der Waals surface area (Å²) in [4.78, 5) is 28.4. The molecule has 6 nitrogen and oxygen atoms in total. The SMILES string of the molecule is O=C(COCC(=O)N1CCCCCC1)NC1CN2CCC1CC2. The fraction of sp³-hybridized carbons (Fsp3) is 0.882. The van der Waals surface area contributed by atoms with Crippen LogP contribution in [0.1, 0.15) is 38.5 Å². The Morgan fingerprint density at radius 1 is 0.957 bits per heavy atom. The van der Waals surface area contributed by atoms with E-state index in [0.717, 1.165) is 45.6 Å². The highest BCUT2D eigenvalue weighted by atomic mass is 16.5. The first-order chi connectivity index (χ1) is 11.2. The van der Waals surface area contributed by atoms with Crippen LogP contribution in [0.15, 0.2) is 0 Å². The summed E-state index contributed by atoms with van der Waals surface area (Å²) >= 11 is 0. The maximum Gasteiger partial charge on any atom is 0.248 e. The van der Waals surface area contributed by atoms with Gasteiger partial charge < -0.3 is 19.9 Å². The van der Waals surface area contributed by atoms with Crippen molar-refractivity contribution in [2.24, 2.45) is 5.92 Å². The van der Waals surface area contributed by atoms with Crippen molar-refractivity contribution in [3.63, 3.8) is 0 Å². The van der Waals surface area contributed by atoms with Crippen molar-refractivity contribution in [2.45, 2.75) is 44.6 Å². The molecule has 23 heavy (non-hydrogen) atoms. The summed E-state index contributed by atoms with van der Waals surface area (Å²) in [5.74, 6) is 0.539.